The Balaban J connectivity index is 4.23. The van der Waals surface area contributed by atoms with E-state index < -0.39 is 23.2 Å². The molecule has 2 amide bonds. The van der Waals surface area contributed by atoms with Crippen molar-refractivity contribution in [1.82, 2.24) is 5.32 Å². The van der Waals surface area contributed by atoms with E-state index in [4.69, 9.17) is 22.7 Å². The van der Waals surface area contributed by atoms with Crippen LogP contribution in [-0.4, -0.2) is 23.2 Å². The minimum absolute atomic E-state index is 0.552. The predicted octanol–water partition coefficient (Wildman–Crippen LogP) is -1.28. The van der Waals surface area contributed by atoms with Gasteiger partial charge in [-0.05, 0) is 11.6 Å². The number of carbonyl (C=O) groups excluding carboxylic acids is 2. The number of primary amides is 1. The first-order valence-electron chi connectivity index (χ1n) is 2.54. The van der Waals surface area contributed by atoms with Gasteiger partial charge in [-0.3, -0.25) is 10.2 Å². The highest BCUT2D eigenvalue weighted by Crippen LogP contribution is 1.89. The fourth-order valence-corrected chi connectivity index (χ4v) is 0.571. The molecule has 0 aliphatic rings. The number of hydrogen-bond donors (Lipinski definition) is 4. The molecule has 0 aliphatic carbocycles. The number of nitrogens with one attached hydrogen (secondary N) is 2. The van der Waals surface area contributed by atoms with Gasteiger partial charge in [0.25, 0.3) is 5.24 Å². The first-order chi connectivity index (χ1) is 4.95. The highest BCUT2D eigenvalue weighted by molar-refractivity contribution is 6.66. The molecule has 7 heteroatoms. The lowest BCUT2D eigenvalue weighted by atomic mass is 10.3. The van der Waals surface area contributed by atoms with Gasteiger partial charge in [-0.15, -0.1) is 0 Å². The van der Waals surface area contributed by atoms with Gasteiger partial charge in [-0.25, -0.2) is 4.79 Å². The number of amides is 2. The van der Waals surface area contributed by atoms with Crippen LogP contribution in [0.5, 0.6) is 0 Å². The van der Waals surface area contributed by atoms with Crippen LogP contribution in [0.15, 0.2) is 0 Å². The monoisotopic (exact) mass is 178 g/mol. The lowest BCUT2D eigenvalue weighted by Gasteiger charge is -2.09. The van der Waals surface area contributed by atoms with Crippen LogP contribution >= 0.6 is 11.6 Å². The number of hydrogen-bond acceptors (Lipinski definition) is 3. The average Bonchev–Trinajstić information content (AvgIpc) is 1.81. The van der Waals surface area contributed by atoms with Crippen LogP contribution in [-0.2, 0) is 4.79 Å². The van der Waals surface area contributed by atoms with Gasteiger partial charge in [0.1, 0.15) is 5.84 Å². The molecule has 0 aromatic heterocycles. The van der Waals surface area contributed by atoms with Crippen molar-refractivity contribution in [3.8, 4) is 0 Å². The zero-order chi connectivity index (χ0) is 9.02. The summed E-state index contributed by atoms with van der Waals surface area (Å²) in [5, 5.41) is 7.72. The fraction of sp³-hybridized carbons (Fsp3) is 0.250. The van der Waals surface area contributed by atoms with Crippen molar-refractivity contribution in [2.75, 3.05) is 0 Å². The Kier molecular flexibility index (Phi) is 3.32. The molecule has 0 heterocycles. The second-order valence-corrected chi connectivity index (χ2v) is 2.07. The molecule has 11 heavy (non-hydrogen) atoms. The van der Waals surface area contributed by atoms with Crippen LogP contribution in [0.3, 0.4) is 0 Å². The Morgan fingerprint density at radius 1 is 1.45 bits per heavy atom. The van der Waals surface area contributed by atoms with E-state index in [1.54, 1.807) is 0 Å². The minimum atomic E-state index is -1.32. The standard InChI is InChI=1S/C4H7ClN4O2/c5-2(10)1(3(6)7)9-4(8)11/h1H,(H3,6,7)(H3,8,9,11). The van der Waals surface area contributed by atoms with E-state index in [1.165, 1.54) is 0 Å². The van der Waals surface area contributed by atoms with E-state index in [1.807, 2.05) is 5.32 Å². The Bertz CT molecular complexity index is 190. The summed E-state index contributed by atoms with van der Waals surface area (Å²) in [4.78, 5) is 20.6. The lowest BCUT2D eigenvalue weighted by molar-refractivity contribution is -0.112. The van der Waals surface area contributed by atoms with Gasteiger partial charge in [0.05, 0.1) is 0 Å². The van der Waals surface area contributed by atoms with Crippen LogP contribution < -0.4 is 16.8 Å². The Morgan fingerprint density at radius 2 is 1.91 bits per heavy atom. The first kappa shape index (κ1) is 9.70. The molecule has 0 spiro atoms. The van der Waals surface area contributed by atoms with Gasteiger partial charge >= 0.3 is 6.03 Å². The Labute approximate surface area is 67.4 Å². The number of carbonyl (C=O) groups is 2. The molecule has 0 saturated heterocycles. The third-order valence-electron chi connectivity index (χ3n) is 0.825. The molecule has 0 saturated carbocycles. The summed E-state index contributed by atoms with van der Waals surface area (Å²) < 4.78 is 0. The van der Waals surface area contributed by atoms with Gasteiger partial charge in [-0.2, -0.15) is 0 Å². The molecule has 0 fully saturated rings. The van der Waals surface area contributed by atoms with Crippen molar-refractivity contribution in [1.29, 1.82) is 5.41 Å². The van der Waals surface area contributed by atoms with Gasteiger partial charge in [-0.1, -0.05) is 0 Å². The normalized spacial score (nSPS) is 11.7. The predicted molar refractivity (Wildman–Crippen MR) is 39.3 cm³/mol. The zero-order valence-electron chi connectivity index (χ0n) is 5.43. The SMILES string of the molecule is N=C(N)C(NC(N)=O)C(=O)Cl. The Morgan fingerprint density at radius 3 is 2.00 bits per heavy atom. The minimum Gasteiger partial charge on any atom is -0.385 e. The summed E-state index contributed by atoms with van der Waals surface area (Å²) >= 11 is 4.95. The third kappa shape index (κ3) is 3.41. The number of rotatable bonds is 3. The summed E-state index contributed by atoms with van der Waals surface area (Å²) in [6.07, 6.45) is 0. The maximum Gasteiger partial charge on any atom is 0.313 e. The lowest BCUT2D eigenvalue weighted by Crippen LogP contribution is -2.49. The molecule has 0 bridgehead atoms. The second kappa shape index (κ2) is 3.77. The van der Waals surface area contributed by atoms with E-state index in [2.05, 4.69) is 5.73 Å². The Hall–Kier alpha value is -1.30. The molecule has 1 unspecified atom stereocenters. The molecular weight excluding hydrogens is 172 g/mol. The van der Waals surface area contributed by atoms with Crippen LogP contribution in [0.25, 0.3) is 0 Å². The van der Waals surface area contributed by atoms with Crippen molar-refractivity contribution in [2.24, 2.45) is 11.5 Å². The number of urea groups is 1. The smallest absolute Gasteiger partial charge is 0.313 e. The van der Waals surface area contributed by atoms with Crippen molar-refractivity contribution in [2.45, 2.75) is 6.04 Å². The van der Waals surface area contributed by atoms with E-state index in [-0.39, 0.29) is 0 Å². The van der Waals surface area contributed by atoms with Gasteiger partial charge in [0.2, 0.25) is 0 Å². The van der Waals surface area contributed by atoms with E-state index in [0.717, 1.165) is 0 Å². The molecule has 1 atom stereocenters. The van der Waals surface area contributed by atoms with Crippen molar-refractivity contribution in [3.63, 3.8) is 0 Å². The molecule has 0 aromatic rings. The van der Waals surface area contributed by atoms with Crippen LogP contribution in [0.2, 0.25) is 0 Å². The molecule has 6 N–H and O–H groups in total. The van der Waals surface area contributed by atoms with Crippen LogP contribution in [0.4, 0.5) is 4.79 Å². The molecule has 0 radical (unpaired) electrons. The van der Waals surface area contributed by atoms with Crippen molar-refractivity contribution in [3.05, 3.63) is 0 Å². The number of nitrogens with two attached hydrogens (primary N) is 2. The highest BCUT2D eigenvalue weighted by atomic mass is 35.5. The molecular formula is C4H7ClN4O2. The third-order valence-corrected chi connectivity index (χ3v) is 1.04. The summed E-state index contributed by atoms with van der Waals surface area (Å²) in [5.74, 6) is -0.552. The summed E-state index contributed by atoms with van der Waals surface area (Å²) in [7, 11) is 0. The molecule has 0 rings (SSSR count). The molecule has 0 aliphatic heterocycles. The second-order valence-electron chi connectivity index (χ2n) is 1.70. The van der Waals surface area contributed by atoms with E-state index in [9.17, 15) is 9.59 Å². The van der Waals surface area contributed by atoms with Crippen molar-refractivity contribution >= 4 is 28.7 Å². The van der Waals surface area contributed by atoms with Gasteiger partial charge in [0.15, 0.2) is 6.04 Å². The molecule has 6 nitrogen and oxygen atoms in total. The van der Waals surface area contributed by atoms with Gasteiger partial charge < -0.3 is 16.8 Å². The van der Waals surface area contributed by atoms with E-state index in [0.29, 0.717) is 0 Å². The first-order valence-corrected chi connectivity index (χ1v) is 2.92. The number of halogens is 1. The maximum absolute atomic E-state index is 10.4. The summed E-state index contributed by atoms with van der Waals surface area (Å²) in [5.41, 5.74) is 9.55. The van der Waals surface area contributed by atoms with Crippen LogP contribution in [0.1, 0.15) is 0 Å². The highest BCUT2D eigenvalue weighted by Gasteiger charge is 2.20. The van der Waals surface area contributed by atoms with Crippen molar-refractivity contribution < 1.29 is 9.59 Å². The maximum atomic E-state index is 10.4. The summed E-state index contributed by atoms with van der Waals surface area (Å²) in [6.45, 7) is 0. The van der Waals surface area contributed by atoms with Gasteiger partial charge in [0, 0.05) is 0 Å². The molecule has 0 aromatic carbocycles. The van der Waals surface area contributed by atoms with Crippen LogP contribution in [0, 0.1) is 5.41 Å². The van der Waals surface area contributed by atoms with E-state index >= 15 is 0 Å². The summed E-state index contributed by atoms with van der Waals surface area (Å²) in [6, 6.07) is -2.28. The zero-order valence-corrected chi connectivity index (χ0v) is 6.18. The quantitative estimate of drug-likeness (QED) is 0.245. The number of amidine groups is 1. The topological polar surface area (TPSA) is 122 Å². The molecule has 62 valence electrons. The largest absolute Gasteiger partial charge is 0.385 e. The fourth-order valence-electron chi connectivity index (χ4n) is 0.399. The average molecular weight is 179 g/mol.